The van der Waals surface area contributed by atoms with E-state index in [1.54, 1.807) is 9.25 Å². The number of carbonyl (C=O) groups is 1. The van der Waals surface area contributed by atoms with E-state index < -0.39 is 0 Å². The summed E-state index contributed by atoms with van der Waals surface area (Å²) in [5.74, 6) is 1.76. The Kier molecular flexibility index (Phi) is 5.41. The molecule has 6 nitrogen and oxygen atoms in total. The molecule has 6 heteroatoms. The van der Waals surface area contributed by atoms with E-state index in [-0.39, 0.29) is 11.6 Å². The molecule has 0 saturated heterocycles. The summed E-state index contributed by atoms with van der Waals surface area (Å²) in [7, 11) is 0. The van der Waals surface area contributed by atoms with Crippen LogP contribution in [0, 0.1) is 5.92 Å². The topological polar surface area (TPSA) is 60.1 Å². The van der Waals surface area contributed by atoms with Gasteiger partial charge in [-0.2, -0.15) is 5.10 Å². The normalized spacial score (nSPS) is 17.7. The van der Waals surface area contributed by atoms with Gasteiger partial charge < -0.3 is 4.90 Å². The van der Waals surface area contributed by atoms with E-state index in [1.165, 1.54) is 25.7 Å². The Morgan fingerprint density at radius 2 is 1.85 bits per heavy atom. The zero-order valence-electron chi connectivity index (χ0n) is 15.8. The van der Waals surface area contributed by atoms with E-state index in [2.05, 4.69) is 5.10 Å². The molecule has 0 spiro atoms. The minimum absolute atomic E-state index is 0.0749. The molecule has 1 fully saturated rings. The van der Waals surface area contributed by atoms with Crippen LogP contribution in [0.1, 0.15) is 49.9 Å². The second kappa shape index (κ2) is 8.11. The molecule has 2 aliphatic rings. The van der Waals surface area contributed by atoms with Crippen molar-refractivity contribution in [3.05, 3.63) is 52.2 Å². The van der Waals surface area contributed by atoms with Gasteiger partial charge in [0, 0.05) is 32.5 Å². The maximum absolute atomic E-state index is 12.7. The summed E-state index contributed by atoms with van der Waals surface area (Å²) in [5.41, 5.74) is 0.991. The lowest BCUT2D eigenvalue weighted by atomic mass is 10.0. The Balaban J connectivity index is 1.37. The number of benzene rings is 1. The molecule has 2 heterocycles. The molecule has 1 aromatic carbocycles. The van der Waals surface area contributed by atoms with Crippen LogP contribution in [-0.4, -0.2) is 38.2 Å². The lowest BCUT2D eigenvalue weighted by Crippen LogP contribution is -2.35. The minimum Gasteiger partial charge on any atom is -0.340 e. The lowest BCUT2D eigenvalue weighted by molar-refractivity contribution is -0.131. The molecule has 1 aromatic heterocycles. The van der Waals surface area contributed by atoms with Crippen molar-refractivity contribution in [3.63, 3.8) is 0 Å². The van der Waals surface area contributed by atoms with Crippen LogP contribution in [0.15, 0.2) is 35.1 Å². The summed E-state index contributed by atoms with van der Waals surface area (Å²) in [6, 6.07) is 9.91. The molecule has 0 bridgehead atoms. The van der Waals surface area contributed by atoms with Gasteiger partial charge in [0.15, 0.2) is 0 Å². The third-order valence-corrected chi connectivity index (χ3v) is 5.97. The van der Waals surface area contributed by atoms with Crippen LogP contribution >= 0.6 is 0 Å². The molecule has 1 aliphatic heterocycles. The highest BCUT2D eigenvalue weighted by atomic mass is 16.2. The smallest absolute Gasteiger partial charge is 0.340 e. The van der Waals surface area contributed by atoms with Crippen molar-refractivity contribution >= 4 is 5.91 Å². The molecular formula is C21H28N4O2. The van der Waals surface area contributed by atoms with Crippen molar-refractivity contribution in [3.8, 4) is 0 Å². The number of amides is 1. The van der Waals surface area contributed by atoms with Gasteiger partial charge in [-0.05, 0) is 17.9 Å². The van der Waals surface area contributed by atoms with Crippen molar-refractivity contribution in [2.75, 3.05) is 13.1 Å². The minimum atomic E-state index is -0.0749. The quantitative estimate of drug-likeness (QED) is 0.814. The SMILES string of the molecule is O=C(CCC1CCCC1)N1CCc2nn(Cc3ccccc3)c(=O)n2CC1. The fourth-order valence-corrected chi connectivity index (χ4v) is 4.36. The number of aromatic nitrogens is 3. The van der Waals surface area contributed by atoms with Crippen LogP contribution in [0.5, 0.6) is 0 Å². The largest absolute Gasteiger partial charge is 0.346 e. The molecule has 4 rings (SSSR count). The van der Waals surface area contributed by atoms with Crippen LogP contribution < -0.4 is 5.69 Å². The van der Waals surface area contributed by atoms with Gasteiger partial charge in [0.25, 0.3) is 0 Å². The highest BCUT2D eigenvalue weighted by Crippen LogP contribution is 2.28. The Labute approximate surface area is 159 Å². The average Bonchev–Trinajstić information content (AvgIpc) is 3.24. The first-order valence-corrected chi connectivity index (χ1v) is 10.2. The van der Waals surface area contributed by atoms with Crippen LogP contribution in [0.25, 0.3) is 0 Å². The molecule has 144 valence electrons. The Hall–Kier alpha value is -2.37. The number of hydrogen-bond donors (Lipinski definition) is 0. The van der Waals surface area contributed by atoms with Crippen LogP contribution in [0.4, 0.5) is 0 Å². The van der Waals surface area contributed by atoms with Crippen molar-refractivity contribution in [2.24, 2.45) is 5.92 Å². The first-order valence-electron chi connectivity index (χ1n) is 10.2. The maximum Gasteiger partial charge on any atom is 0.346 e. The molecule has 0 N–H and O–H groups in total. The van der Waals surface area contributed by atoms with Gasteiger partial charge in [-0.3, -0.25) is 9.36 Å². The molecule has 0 radical (unpaired) electrons. The Bertz CT molecular complexity index is 834. The van der Waals surface area contributed by atoms with E-state index >= 15 is 0 Å². The van der Waals surface area contributed by atoms with Gasteiger partial charge in [0.2, 0.25) is 5.91 Å². The molecule has 0 unspecified atom stereocenters. The molecule has 1 saturated carbocycles. The van der Waals surface area contributed by atoms with Crippen LogP contribution in [0.3, 0.4) is 0 Å². The highest BCUT2D eigenvalue weighted by Gasteiger charge is 2.23. The highest BCUT2D eigenvalue weighted by molar-refractivity contribution is 5.76. The Morgan fingerprint density at radius 3 is 2.63 bits per heavy atom. The zero-order valence-corrected chi connectivity index (χ0v) is 15.8. The number of hydrogen-bond acceptors (Lipinski definition) is 3. The summed E-state index contributed by atoms with van der Waals surface area (Å²) in [6.45, 7) is 2.29. The van der Waals surface area contributed by atoms with Crippen molar-refractivity contribution < 1.29 is 4.79 Å². The molecule has 2 aromatic rings. The fourth-order valence-electron chi connectivity index (χ4n) is 4.36. The van der Waals surface area contributed by atoms with E-state index in [0.29, 0.717) is 39.0 Å². The van der Waals surface area contributed by atoms with Crippen molar-refractivity contribution in [1.82, 2.24) is 19.2 Å². The second-order valence-corrected chi connectivity index (χ2v) is 7.81. The first-order chi connectivity index (χ1) is 13.2. The number of nitrogens with zero attached hydrogens (tertiary/aromatic N) is 4. The maximum atomic E-state index is 12.7. The van der Waals surface area contributed by atoms with Gasteiger partial charge in [0.05, 0.1) is 6.54 Å². The number of carbonyl (C=O) groups excluding carboxylic acids is 1. The molecular weight excluding hydrogens is 340 g/mol. The van der Waals surface area contributed by atoms with E-state index in [4.69, 9.17) is 0 Å². The second-order valence-electron chi connectivity index (χ2n) is 7.81. The summed E-state index contributed by atoms with van der Waals surface area (Å²) in [6.07, 6.45) is 7.51. The van der Waals surface area contributed by atoms with E-state index in [9.17, 15) is 9.59 Å². The van der Waals surface area contributed by atoms with E-state index in [0.717, 1.165) is 23.7 Å². The van der Waals surface area contributed by atoms with Crippen LogP contribution in [0.2, 0.25) is 0 Å². The summed E-state index contributed by atoms with van der Waals surface area (Å²) >= 11 is 0. The van der Waals surface area contributed by atoms with Crippen molar-refractivity contribution in [1.29, 1.82) is 0 Å². The third kappa shape index (κ3) is 4.15. The molecule has 27 heavy (non-hydrogen) atoms. The summed E-state index contributed by atoms with van der Waals surface area (Å²) in [4.78, 5) is 27.2. The third-order valence-electron chi connectivity index (χ3n) is 5.97. The lowest BCUT2D eigenvalue weighted by Gasteiger charge is -2.21. The fraction of sp³-hybridized carbons (Fsp3) is 0.571. The van der Waals surface area contributed by atoms with Gasteiger partial charge >= 0.3 is 5.69 Å². The van der Waals surface area contributed by atoms with Gasteiger partial charge in [-0.1, -0.05) is 56.0 Å². The predicted octanol–water partition coefficient (Wildman–Crippen LogP) is 2.45. The Morgan fingerprint density at radius 1 is 1.07 bits per heavy atom. The summed E-state index contributed by atoms with van der Waals surface area (Å²) < 4.78 is 3.29. The molecule has 0 atom stereocenters. The zero-order chi connectivity index (χ0) is 18.6. The number of fused-ring (bicyclic) bond motifs is 1. The van der Waals surface area contributed by atoms with Gasteiger partial charge in [-0.25, -0.2) is 9.48 Å². The summed E-state index contributed by atoms with van der Waals surface area (Å²) in [5, 5.41) is 4.54. The van der Waals surface area contributed by atoms with Gasteiger partial charge in [0.1, 0.15) is 5.82 Å². The number of rotatable bonds is 5. The standard InChI is InChI=1S/C21H28N4O2/c26-20(11-10-17-6-4-5-7-17)23-13-12-19-22-25(21(27)24(19)15-14-23)16-18-8-2-1-3-9-18/h1-3,8-9,17H,4-7,10-16H2. The van der Waals surface area contributed by atoms with E-state index in [1.807, 2.05) is 35.2 Å². The molecule has 1 amide bonds. The first kappa shape index (κ1) is 18.0. The van der Waals surface area contributed by atoms with Crippen molar-refractivity contribution in [2.45, 2.75) is 58.0 Å². The van der Waals surface area contributed by atoms with Gasteiger partial charge in [-0.15, -0.1) is 0 Å². The predicted molar refractivity (Wildman–Crippen MR) is 104 cm³/mol. The average molecular weight is 368 g/mol. The monoisotopic (exact) mass is 368 g/mol. The molecule has 1 aliphatic carbocycles. The van der Waals surface area contributed by atoms with Crippen LogP contribution in [-0.2, 0) is 24.3 Å².